The molecular formula is C41H29N4+. The quantitative estimate of drug-likeness (QED) is 0.228. The van der Waals surface area contributed by atoms with E-state index in [9.17, 15) is 0 Å². The molecule has 0 spiro atoms. The molecule has 4 heterocycles. The molecule has 3 aliphatic heterocycles. The molecule has 1 aromatic heterocycles. The summed E-state index contributed by atoms with van der Waals surface area (Å²) in [7, 11) is 0. The molecule has 4 heteroatoms. The van der Waals surface area contributed by atoms with Gasteiger partial charge in [-0.15, -0.1) is 0 Å². The molecule has 3 aliphatic carbocycles. The highest BCUT2D eigenvalue weighted by molar-refractivity contribution is 6.13. The predicted octanol–water partition coefficient (Wildman–Crippen LogP) is 8.58. The molecule has 0 radical (unpaired) electrons. The average Bonchev–Trinajstić information content (AvgIpc) is 3.61. The van der Waals surface area contributed by atoms with E-state index in [2.05, 4.69) is 153 Å². The van der Waals surface area contributed by atoms with Gasteiger partial charge in [0.2, 0.25) is 17.1 Å². The van der Waals surface area contributed by atoms with Gasteiger partial charge in [-0.3, -0.25) is 4.98 Å². The molecule has 2 atom stereocenters. The largest absolute Gasteiger partial charge is 0.330 e. The summed E-state index contributed by atoms with van der Waals surface area (Å²) in [5.41, 5.74) is 16.8. The van der Waals surface area contributed by atoms with Crippen LogP contribution < -0.4 is 14.4 Å². The molecular weight excluding hydrogens is 548 g/mol. The summed E-state index contributed by atoms with van der Waals surface area (Å²) in [6.45, 7) is 0. The number of rotatable bonds is 3. The van der Waals surface area contributed by atoms with Gasteiger partial charge in [0.05, 0.1) is 6.04 Å². The number of fused-ring (bicyclic) bond motifs is 6. The molecule has 4 nitrogen and oxygen atoms in total. The van der Waals surface area contributed by atoms with E-state index in [1.165, 1.54) is 67.7 Å². The maximum absolute atomic E-state index is 4.32. The Hall–Kier alpha value is -5.74. The van der Waals surface area contributed by atoms with Crippen molar-refractivity contribution >= 4 is 28.5 Å². The van der Waals surface area contributed by atoms with Crippen LogP contribution in [0.25, 0.3) is 11.1 Å². The van der Waals surface area contributed by atoms with Crippen LogP contribution in [-0.4, -0.2) is 22.8 Å². The monoisotopic (exact) mass is 577 g/mol. The zero-order valence-electron chi connectivity index (χ0n) is 24.6. The van der Waals surface area contributed by atoms with E-state index in [0.29, 0.717) is 0 Å². The summed E-state index contributed by atoms with van der Waals surface area (Å²) in [5, 5.41) is 0. The van der Waals surface area contributed by atoms with Crippen LogP contribution in [0.5, 0.6) is 0 Å². The number of anilines is 2. The van der Waals surface area contributed by atoms with Gasteiger partial charge in [-0.2, -0.15) is 4.58 Å². The molecule has 10 rings (SSSR count). The molecule has 0 amide bonds. The highest BCUT2D eigenvalue weighted by Gasteiger charge is 2.51. The molecule has 6 aliphatic rings. The number of aromatic nitrogens is 1. The van der Waals surface area contributed by atoms with Crippen molar-refractivity contribution in [2.75, 3.05) is 9.80 Å². The van der Waals surface area contributed by atoms with Gasteiger partial charge in [0.15, 0.2) is 0 Å². The summed E-state index contributed by atoms with van der Waals surface area (Å²) < 4.78 is 2.45. The van der Waals surface area contributed by atoms with E-state index in [1.54, 1.807) is 0 Å². The van der Waals surface area contributed by atoms with Gasteiger partial charge in [-0.25, -0.2) is 0 Å². The first-order chi connectivity index (χ1) is 22.3. The van der Waals surface area contributed by atoms with E-state index in [4.69, 9.17) is 0 Å². The first-order valence-electron chi connectivity index (χ1n) is 15.7. The smallest absolute Gasteiger partial charge is 0.235 e. The fourth-order valence-electron chi connectivity index (χ4n) is 8.02. The maximum Gasteiger partial charge on any atom is 0.235 e. The molecule has 0 fully saturated rings. The topological polar surface area (TPSA) is 22.4 Å². The van der Waals surface area contributed by atoms with E-state index >= 15 is 0 Å². The Kier molecular flexibility index (Phi) is 5.14. The third-order valence-electron chi connectivity index (χ3n) is 9.90. The van der Waals surface area contributed by atoms with Crippen molar-refractivity contribution in [2.24, 2.45) is 0 Å². The summed E-state index contributed by atoms with van der Waals surface area (Å²) >= 11 is 0. The van der Waals surface area contributed by atoms with Crippen LogP contribution in [0.1, 0.15) is 6.42 Å². The summed E-state index contributed by atoms with van der Waals surface area (Å²) in [5.74, 6) is 0. The molecule has 0 bridgehead atoms. The molecule has 0 N–H and O–H groups in total. The van der Waals surface area contributed by atoms with Crippen molar-refractivity contribution in [3.05, 3.63) is 186 Å². The summed E-state index contributed by atoms with van der Waals surface area (Å²) in [6, 6.07) is 33.1. The van der Waals surface area contributed by atoms with Crippen molar-refractivity contribution in [3.63, 3.8) is 0 Å². The number of hydrogen-bond donors (Lipinski definition) is 0. The normalized spacial score (nSPS) is 21.8. The van der Waals surface area contributed by atoms with Gasteiger partial charge in [0, 0.05) is 65.7 Å². The summed E-state index contributed by atoms with van der Waals surface area (Å²) in [6.07, 6.45) is 23.1. The first kappa shape index (κ1) is 24.7. The van der Waals surface area contributed by atoms with Gasteiger partial charge < -0.3 is 9.80 Å². The number of pyridine rings is 1. The third kappa shape index (κ3) is 3.48. The van der Waals surface area contributed by atoms with Crippen LogP contribution >= 0.6 is 0 Å². The van der Waals surface area contributed by atoms with Crippen LogP contribution in [0.15, 0.2) is 186 Å². The van der Waals surface area contributed by atoms with Crippen LogP contribution in [-0.2, 0) is 0 Å². The Morgan fingerprint density at radius 1 is 0.756 bits per heavy atom. The number of hydrogen-bond acceptors (Lipinski definition) is 3. The van der Waals surface area contributed by atoms with Crippen molar-refractivity contribution in [1.82, 2.24) is 9.56 Å². The molecule has 0 saturated carbocycles. The molecule has 3 aromatic carbocycles. The lowest BCUT2D eigenvalue weighted by Gasteiger charge is -2.35. The SMILES string of the molecule is C1=CC2=C3CC4=C(C=C3N(c3ccc(-c5cccnc5)cc3)C2C=C1)C1=CC=CC2=[N+](c3ccccc3)c3ccccc3N4C12. The Bertz CT molecular complexity index is 2170. The minimum Gasteiger partial charge on any atom is -0.330 e. The van der Waals surface area contributed by atoms with E-state index < -0.39 is 0 Å². The lowest BCUT2D eigenvalue weighted by molar-refractivity contribution is 0.851. The van der Waals surface area contributed by atoms with Crippen LogP contribution in [0.2, 0.25) is 0 Å². The van der Waals surface area contributed by atoms with Gasteiger partial charge in [0.25, 0.3) is 0 Å². The summed E-state index contributed by atoms with van der Waals surface area (Å²) in [4.78, 5) is 9.48. The standard InChI is InChI=1S/C41H29N4/c1-2-11-29(12-3-1)44-36-16-6-7-17-37(36)45-40-24-33-31-13-4-5-15-35(31)43(30-21-19-27(20-22-30)28-10-9-23-42-26-28)39(33)25-34(40)32-14-8-18-38(44)41(32)45/h1-23,25-26,35,41H,24H2/q+1. The van der Waals surface area contributed by atoms with Crippen LogP contribution in [0.4, 0.5) is 22.7 Å². The Labute approximate surface area is 262 Å². The number of para-hydroxylation sites is 3. The molecule has 4 aromatic rings. The Balaban J connectivity index is 1.13. The second-order valence-electron chi connectivity index (χ2n) is 12.2. The average molecular weight is 578 g/mol. The lowest BCUT2D eigenvalue weighted by atomic mass is 9.88. The minimum atomic E-state index is 0.140. The number of nitrogens with zero attached hydrogens (tertiary/aromatic N) is 4. The third-order valence-corrected chi connectivity index (χ3v) is 9.90. The first-order valence-corrected chi connectivity index (χ1v) is 15.7. The fraction of sp³-hybridized carbons (Fsp3) is 0.0732. The molecule has 0 saturated heterocycles. The van der Waals surface area contributed by atoms with Crippen molar-refractivity contribution in [2.45, 2.75) is 18.5 Å². The van der Waals surface area contributed by atoms with Crippen molar-refractivity contribution in [1.29, 1.82) is 0 Å². The number of benzene rings is 3. The van der Waals surface area contributed by atoms with Gasteiger partial charge in [-0.1, -0.05) is 85.0 Å². The van der Waals surface area contributed by atoms with Crippen molar-refractivity contribution < 1.29 is 0 Å². The van der Waals surface area contributed by atoms with Gasteiger partial charge in [0.1, 0.15) is 11.7 Å². The maximum atomic E-state index is 4.32. The molecule has 212 valence electrons. The molecule has 45 heavy (non-hydrogen) atoms. The number of allylic oxidation sites excluding steroid dienone is 7. The van der Waals surface area contributed by atoms with Crippen LogP contribution in [0, 0.1) is 0 Å². The second kappa shape index (κ2) is 9.38. The van der Waals surface area contributed by atoms with Crippen molar-refractivity contribution in [3.8, 4) is 11.1 Å². The van der Waals surface area contributed by atoms with Gasteiger partial charge >= 0.3 is 0 Å². The fourth-order valence-corrected chi connectivity index (χ4v) is 8.02. The lowest BCUT2D eigenvalue weighted by Crippen LogP contribution is -2.45. The second-order valence-corrected chi connectivity index (χ2v) is 12.2. The van der Waals surface area contributed by atoms with Crippen LogP contribution in [0.3, 0.4) is 0 Å². The van der Waals surface area contributed by atoms with E-state index in [0.717, 1.165) is 12.0 Å². The highest BCUT2D eigenvalue weighted by Crippen LogP contribution is 2.54. The van der Waals surface area contributed by atoms with Gasteiger partial charge in [-0.05, 0) is 58.2 Å². The Morgan fingerprint density at radius 2 is 1.62 bits per heavy atom. The van der Waals surface area contributed by atoms with E-state index in [1.807, 2.05) is 18.5 Å². The zero-order chi connectivity index (χ0) is 29.5. The predicted molar refractivity (Wildman–Crippen MR) is 184 cm³/mol. The highest BCUT2D eigenvalue weighted by atomic mass is 15.3. The minimum absolute atomic E-state index is 0.140. The zero-order valence-corrected chi connectivity index (χ0v) is 24.6. The Morgan fingerprint density at radius 3 is 2.49 bits per heavy atom. The van der Waals surface area contributed by atoms with E-state index in [-0.39, 0.29) is 12.1 Å². The molecule has 2 unspecified atom stereocenters.